The molecule has 1 unspecified atom stereocenters. The van der Waals surface area contributed by atoms with Crippen LogP contribution in [0.3, 0.4) is 0 Å². The first-order valence-corrected chi connectivity index (χ1v) is 18.3. The Bertz CT molecular complexity index is 1050. The number of ether oxygens (including phenoxy) is 4. The van der Waals surface area contributed by atoms with Gasteiger partial charge >= 0.3 is 0 Å². The second-order valence-corrected chi connectivity index (χ2v) is 15.9. The lowest BCUT2D eigenvalue weighted by atomic mass is 9.53. The molecule has 44 heavy (non-hydrogen) atoms. The molecular weight excluding hydrogens is 560 g/mol. The summed E-state index contributed by atoms with van der Waals surface area (Å²) < 4.78 is 27.3. The van der Waals surface area contributed by atoms with Gasteiger partial charge in [0.2, 0.25) is 0 Å². The van der Waals surface area contributed by atoms with Crippen LogP contribution in [-0.2, 0) is 23.7 Å². The van der Waals surface area contributed by atoms with Crippen molar-refractivity contribution in [3.8, 4) is 0 Å². The van der Waals surface area contributed by atoms with Crippen LogP contribution >= 0.6 is 0 Å². The number of aliphatic hydroxyl groups excluding tert-OH is 2. The highest BCUT2D eigenvalue weighted by molar-refractivity contribution is 5.93. The van der Waals surface area contributed by atoms with E-state index in [2.05, 4.69) is 27.7 Å². The molecule has 3 saturated carbocycles. The second-order valence-electron chi connectivity index (χ2n) is 15.9. The van der Waals surface area contributed by atoms with E-state index in [0.717, 1.165) is 12.8 Å². The van der Waals surface area contributed by atoms with Gasteiger partial charge in [0.05, 0.1) is 12.2 Å². The van der Waals surface area contributed by atoms with Gasteiger partial charge in [0.25, 0.3) is 5.97 Å². The number of epoxide rings is 1. The van der Waals surface area contributed by atoms with Crippen LogP contribution in [0.2, 0.25) is 0 Å². The SMILES string of the molecule is CCCCCCCCCCCCCCC[C@]12O[C@@H]3[C@@H]4[C@@H]5O[C@]5(CO)[C@@H](O)[C@]5(O)C(=O)C(C)C[C@H]5[C@@]4(O1)[C@H](C)C[C@@]3(C(C)C)O2. The number of hydrogen-bond donors (Lipinski definition) is 3. The average Bonchev–Trinajstić information content (AvgIpc) is 3.63. The Morgan fingerprint density at radius 1 is 0.864 bits per heavy atom. The molecule has 0 spiro atoms. The number of rotatable bonds is 16. The van der Waals surface area contributed by atoms with Crippen LogP contribution < -0.4 is 0 Å². The molecule has 3 N–H and O–H groups in total. The van der Waals surface area contributed by atoms with Crippen LogP contribution in [0.4, 0.5) is 0 Å². The van der Waals surface area contributed by atoms with E-state index >= 15 is 0 Å². The first kappa shape index (κ1) is 33.3. The predicted molar refractivity (Wildman–Crippen MR) is 166 cm³/mol. The Morgan fingerprint density at radius 2 is 1.45 bits per heavy atom. The first-order valence-electron chi connectivity index (χ1n) is 18.3. The largest absolute Gasteiger partial charge is 0.393 e. The molecule has 3 aliphatic carbocycles. The van der Waals surface area contributed by atoms with E-state index in [0.29, 0.717) is 19.3 Å². The zero-order valence-corrected chi connectivity index (χ0v) is 28.0. The lowest BCUT2D eigenvalue weighted by Crippen LogP contribution is -2.72. The number of fused-ring (bicyclic) bond motifs is 3. The van der Waals surface area contributed by atoms with Crippen molar-refractivity contribution in [2.24, 2.45) is 29.6 Å². The normalized spacial score (nSPS) is 48.4. The smallest absolute Gasteiger partial charge is 0.284 e. The topological polar surface area (TPSA) is 118 Å². The third-order valence-corrected chi connectivity index (χ3v) is 13.0. The Morgan fingerprint density at radius 3 is 2.02 bits per heavy atom. The van der Waals surface area contributed by atoms with E-state index in [-0.39, 0.29) is 29.6 Å². The van der Waals surface area contributed by atoms with Gasteiger partial charge in [-0.2, -0.15) is 0 Å². The molecule has 0 amide bonds. The monoisotopic (exact) mass is 620 g/mol. The quantitative estimate of drug-likeness (QED) is 0.146. The van der Waals surface area contributed by atoms with Crippen LogP contribution in [-0.4, -0.2) is 74.4 Å². The van der Waals surface area contributed by atoms with Crippen LogP contribution in [0.15, 0.2) is 0 Å². The molecule has 0 aromatic heterocycles. The van der Waals surface area contributed by atoms with Crippen LogP contribution in [0.5, 0.6) is 0 Å². The molecule has 3 saturated heterocycles. The molecule has 6 aliphatic rings. The van der Waals surface area contributed by atoms with Crippen molar-refractivity contribution in [2.45, 2.75) is 184 Å². The highest BCUT2D eigenvalue weighted by Gasteiger charge is 2.88. The lowest BCUT2D eigenvalue weighted by Gasteiger charge is -2.60. The third-order valence-electron chi connectivity index (χ3n) is 13.0. The third kappa shape index (κ3) is 4.74. The van der Waals surface area contributed by atoms with E-state index in [4.69, 9.17) is 18.9 Å². The molecule has 3 bridgehead atoms. The average molecular weight is 621 g/mol. The van der Waals surface area contributed by atoms with E-state index in [1.165, 1.54) is 70.6 Å². The van der Waals surface area contributed by atoms with Crippen LogP contribution in [0, 0.1) is 29.6 Å². The fourth-order valence-corrected chi connectivity index (χ4v) is 10.6. The van der Waals surface area contributed by atoms with Gasteiger partial charge in [-0.05, 0) is 31.1 Å². The molecule has 0 radical (unpaired) electrons. The van der Waals surface area contributed by atoms with Crippen LogP contribution in [0.1, 0.15) is 137 Å². The maximum atomic E-state index is 13.7. The summed E-state index contributed by atoms with van der Waals surface area (Å²) in [5, 5.41) is 34.5. The van der Waals surface area contributed by atoms with Crippen molar-refractivity contribution in [2.75, 3.05) is 6.61 Å². The van der Waals surface area contributed by atoms with Crippen molar-refractivity contribution < 1.29 is 39.1 Å². The van der Waals surface area contributed by atoms with E-state index in [9.17, 15) is 20.1 Å². The lowest BCUT2D eigenvalue weighted by molar-refractivity contribution is -0.433. The number of aliphatic hydroxyl groups is 3. The molecule has 8 heteroatoms. The minimum absolute atomic E-state index is 0.0795. The number of unbranched alkanes of at least 4 members (excludes halogenated alkanes) is 12. The molecule has 8 nitrogen and oxygen atoms in total. The van der Waals surface area contributed by atoms with Gasteiger partial charge in [-0.25, -0.2) is 0 Å². The van der Waals surface area contributed by atoms with Gasteiger partial charge < -0.3 is 34.3 Å². The number of carbonyl (C=O) groups excluding carboxylic acids is 1. The van der Waals surface area contributed by atoms with Gasteiger partial charge in [0.1, 0.15) is 29.5 Å². The zero-order valence-electron chi connectivity index (χ0n) is 28.0. The van der Waals surface area contributed by atoms with E-state index in [1.807, 2.05) is 6.92 Å². The van der Waals surface area contributed by atoms with Gasteiger partial charge in [0, 0.05) is 24.2 Å². The van der Waals surface area contributed by atoms with E-state index in [1.54, 1.807) is 0 Å². The fourth-order valence-electron chi connectivity index (χ4n) is 10.6. The summed E-state index contributed by atoms with van der Waals surface area (Å²) in [6.45, 7) is 10.1. The van der Waals surface area contributed by atoms with Crippen molar-refractivity contribution in [3.63, 3.8) is 0 Å². The van der Waals surface area contributed by atoms with Gasteiger partial charge in [0.15, 0.2) is 11.4 Å². The summed E-state index contributed by atoms with van der Waals surface area (Å²) in [5.41, 5.74) is -5.08. The molecule has 3 heterocycles. The molecule has 6 rings (SSSR count). The summed E-state index contributed by atoms with van der Waals surface area (Å²) >= 11 is 0. The van der Waals surface area contributed by atoms with Gasteiger partial charge in [-0.15, -0.1) is 0 Å². The molecule has 0 aromatic carbocycles. The Kier molecular flexibility index (Phi) is 9.18. The molecule has 0 aromatic rings. The Hall–Kier alpha value is -0.610. The van der Waals surface area contributed by atoms with Gasteiger partial charge in [-0.3, -0.25) is 4.79 Å². The highest BCUT2D eigenvalue weighted by Crippen LogP contribution is 2.73. The highest BCUT2D eigenvalue weighted by atomic mass is 16.9. The van der Waals surface area contributed by atoms with Crippen LogP contribution in [0.25, 0.3) is 0 Å². The maximum absolute atomic E-state index is 13.7. The van der Waals surface area contributed by atoms with Crippen molar-refractivity contribution in [3.05, 3.63) is 0 Å². The standard InChI is InChI=1S/C36H60O8/c1-6-7-8-9-10-11-12-13-14-15-16-17-18-19-34-42-29-27-30-33(22-37,41-30)31(39)35(40)26(20-24(4)28(35)38)36(27,44-34)25(5)21-32(29,43-34)23(2)3/h23-27,29-31,37,39-40H,6-22H2,1-5H3/t24?,25-,26-,27-,29-,30+,31-,32+,33+,34-,35-,36+/m1/s1. The summed E-state index contributed by atoms with van der Waals surface area (Å²) in [6, 6.07) is 0. The Balaban J connectivity index is 1.16. The second kappa shape index (κ2) is 12.1. The summed E-state index contributed by atoms with van der Waals surface area (Å²) in [4.78, 5) is 13.7. The maximum Gasteiger partial charge on any atom is 0.284 e. The Labute approximate surface area is 264 Å². The molecule has 252 valence electrons. The van der Waals surface area contributed by atoms with Crippen molar-refractivity contribution in [1.82, 2.24) is 0 Å². The number of hydrogen-bond acceptors (Lipinski definition) is 8. The zero-order chi connectivity index (χ0) is 31.5. The van der Waals surface area contributed by atoms with Crippen molar-refractivity contribution >= 4 is 5.78 Å². The fraction of sp³-hybridized carbons (Fsp3) is 0.972. The van der Waals surface area contributed by atoms with E-state index < -0.39 is 59.0 Å². The summed E-state index contributed by atoms with van der Waals surface area (Å²) in [5.74, 6) is -3.05. The molecule has 12 atom stereocenters. The number of ketones is 1. The molecular formula is C36H60O8. The molecule has 6 fully saturated rings. The molecule has 3 aliphatic heterocycles. The van der Waals surface area contributed by atoms with Gasteiger partial charge in [-0.1, -0.05) is 112 Å². The minimum atomic E-state index is -2.06. The van der Waals surface area contributed by atoms with Crippen molar-refractivity contribution in [1.29, 1.82) is 0 Å². The minimum Gasteiger partial charge on any atom is -0.393 e. The number of Topliss-reactive ketones (excluding diaryl/α,β-unsaturated/α-hetero) is 1. The predicted octanol–water partition coefficient (Wildman–Crippen LogP) is 5.82. The summed E-state index contributed by atoms with van der Waals surface area (Å²) in [7, 11) is 0. The number of carbonyl (C=O) groups is 1. The summed E-state index contributed by atoms with van der Waals surface area (Å²) in [6.07, 6.45) is 15.7. The first-order chi connectivity index (χ1) is 21.0.